The van der Waals surface area contributed by atoms with Gasteiger partial charge in [-0.25, -0.2) is 0 Å². The molecule has 2 amide bonds. The second kappa shape index (κ2) is 14.4. The second-order valence-electron chi connectivity index (χ2n) is 12.2. The maximum Gasteiger partial charge on any atom is 0.264 e. The van der Waals surface area contributed by atoms with Crippen LogP contribution in [0.25, 0.3) is 11.1 Å². The summed E-state index contributed by atoms with van der Waals surface area (Å²) in [6, 6.07) is 24.0. The molecule has 1 aromatic heterocycles. The van der Waals surface area contributed by atoms with E-state index >= 15 is 0 Å². The molecule has 1 fully saturated rings. The van der Waals surface area contributed by atoms with E-state index in [0.29, 0.717) is 23.6 Å². The zero-order valence-electron chi connectivity index (χ0n) is 26.5. The number of nitrogens with zero attached hydrogens (tertiary/aromatic N) is 2. The van der Waals surface area contributed by atoms with Crippen molar-refractivity contribution in [1.29, 1.82) is 0 Å². The Morgan fingerprint density at radius 2 is 1.74 bits per heavy atom. The molecule has 2 aliphatic rings. The summed E-state index contributed by atoms with van der Waals surface area (Å²) < 4.78 is 10.9. The molecule has 3 N–H and O–H groups in total. The van der Waals surface area contributed by atoms with Gasteiger partial charge in [-0.05, 0) is 96.6 Å². The average molecular weight is 639 g/mol. The number of benzene rings is 3. The lowest BCUT2D eigenvalue weighted by atomic mass is 9.90. The van der Waals surface area contributed by atoms with Gasteiger partial charge >= 0.3 is 0 Å². The normalized spacial score (nSPS) is 17.0. The van der Waals surface area contributed by atoms with Gasteiger partial charge in [-0.1, -0.05) is 43.7 Å². The van der Waals surface area contributed by atoms with Crippen molar-refractivity contribution in [3.63, 3.8) is 0 Å². The van der Waals surface area contributed by atoms with Gasteiger partial charge in [-0.15, -0.1) is 11.3 Å². The zero-order chi connectivity index (χ0) is 32.0. The Kier molecular flexibility index (Phi) is 9.90. The minimum absolute atomic E-state index is 0.0776. The van der Waals surface area contributed by atoms with Crippen LogP contribution in [0.15, 0.2) is 78.2 Å². The van der Waals surface area contributed by atoms with Crippen molar-refractivity contribution in [2.75, 3.05) is 30.6 Å². The third-order valence-corrected chi connectivity index (χ3v) is 9.78. The fraction of sp³-hybridized carbons (Fsp3) is 0.351. The van der Waals surface area contributed by atoms with E-state index in [1.807, 2.05) is 34.5 Å². The molecular formula is C37H42N4O4S. The van der Waals surface area contributed by atoms with Crippen LogP contribution < -0.4 is 25.4 Å². The first kappa shape index (κ1) is 31.6. The number of carbonyl (C=O) groups is 2. The van der Waals surface area contributed by atoms with Crippen LogP contribution in [-0.4, -0.2) is 49.2 Å². The van der Waals surface area contributed by atoms with Gasteiger partial charge in [0.05, 0.1) is 16.3 Å². The molecule has 9 heteroatoms. The number of fused-ring (bicyclic) bond motifs is 1. The van der Waals surface area contributed by atoms with Crippen LogP contribution in [0, 0.1) is 0 Å². The van der Waals surface area contributed by atoms with Gasteiger partial charge in [0.1, 0.15) is 0 Å². The fourth-order valence-electron chi connectivity index (χ4n) is 6.26. The predicted molar refractivity (Wildman–Crippen MR) is 185 cm³/mol. The van der Waals surface area contributed by atoms with Crippen molar-refractivity contribution in [2.45, 2.75) is 64.1 Å². The van der Waals surface area contributed by atoms with E-state index in [0.717, 1.165) is 78.0 Å². The third kappa shape index (κ3) is 7.21. The molecule has 1 saturated carbocycles. The van der Waals surface area contributed by atoms with Gasteiger partial charge in [-0.3, -0.25) is 9.59 Å². The molecule has 2 heterocycles. The summed E-state index contributed by atoms with van der Waals surface area (Å²) >= 11 is 1.49. The molecule has 6 rings (SSSR count). The average Bonchev–Trinajstić information content (AvgIpc) is 3.79. The number of amides is 2. The molecule has 0 spiro atoms. The smallest absolute Gasteiger partial charge is 0.264 e. The Labute approximate surface area is 275 Å². The highest BCUT2D eigenvalue weighted by atomic mass is 32.1. The number of unbranched alkanes of at least 4 members (excludes halogenated alkanes) is 1. The van der Waals surface area contributed by atoms with E-state index in [1.54, 1.807) is 18.2 Å². The van der Waals surface area contributed by atoms with Crippen LogP contribution in [0.3, 0.4) is 0 Å². The lowest BCUT2D eigenvalue weighted by molar-refractivity contribution is 0.0611. The Bertz CT molecular complexity index is 1670. The Morgan fingerprint density at radius 1 is 0.935 bits per heavy atom. The van der Waals surface area contributed by atoms with Gasteiger partial charge in [0.25, 0.3) is 11.8 Å². The van der Waals surface area contributed by atoms with Gasteiger partial charge < -0.3 is 30.3 Å². The summed E-state index contributed by atoms with van der Waals surface area (Å²) in [6.07, 6.45) is 5.81. The highest BCUT2D eigenvalue weighted by Crippen LogP contribution is 2.35. The minimum atomic E-state index is -0.218. The van der Waals surface area contributed by atoms with Crippen molar-refractivity contribution in [3.05, 3.63) is 94.2 Å². The van der Waals surface area contributed by atoms with E-state index in [-0.39, 0.29) is 30.7 Å². The number of hydrogen-bond donors (Lipinski definition) is 2. The minimum Gasteiger partial charge on any atom is -0.454 e. The molecule has 0 bridgehead atoms. The number of carbonyl (C=O) groups excluding carboxylic acids is 2. The second-order valence-corrected chi connectivity index (χ2v) is 13.2. The maximum absolute atomic E-state index is 13.7. The number of rotatable bonds is 11. The van der Waals surface area contributed by atoms with Crippen LogP contribution in [0.1, 0.15) is 71.0 Å². The largest absolute Gasteiger partial charge is 0.454 e. The van der Waals surface area contributed by atoms with E-state index in [2.05, 4.69) is 54.5 Å². The number of anilines is 2. The van der Waals surface area contributed by atoms with Crippen LogP contribution in [-0.2, 0) is 6.54 Å². The van der Waals surface area contributed by atoms with Crippen LogP contribution in [0.5, 0.6) is 11.5 Å². The molecule has 8 nitrogen and oxygen atoms in total. The van der Waals surface area contributed by atoms with E-state index in [1.165, 1.54) is 11.3 Å². The molecule has 46 heavy (non-hydrogen) atoms. The molecule has 0 saturated heterocycles. The van der Waals surface area contributed by atoms with E-state index in [4.69, 9.17) is 15.2 Å². The molecule has 0 unspecified atom stereocenters. The van der Waals surface area contributed by atoms with E-state index in [9.17, 15) is 9.59 Å². The molecule has 0 atom stereocenters. The van der Waals surface area contributed by atoms with Gasteiger partial charge in [0.2, 0.25) is 6.79 Å². The van der Waals surface area contributed by atoms with E-state index < -0.39 is 0 Å². The summed E-state index contributed by atoms with van der Waals surface area (Å²) in [5, 5.41) is 5.12. The molecule has 0 radical (unpaired) electrons. The van der Waals surface area contributed by atoms with Crippen molar-refractivity contribution in [2.24, 2.45) is 5.73 Å². The third-order valence-electron chi connectivity index (χ3n) is 8.93. The highest BCUT2D eigenvalue weighted by molar-refractivity contribution is 7.12. The van der Waals surface area contributed by atoms with Crippen LogP contribution >= 0.6 is 11.3 Å². The molecule has 1 aliphatic heterocycles. The molecule has 240 valence electrons. The van der Waals surface area contributed by atoms with Crippen molar-refractivity contribution in [3.8, 4) is 22.6 Å². The summed E-state index contributed by atoms with van der Waals surface area (Å²) in [4.78, 5) is 32.2. The number of hydrogen-bond acceptors (Lipinski definition) is 7. The number of nitrogens with two attached hydrogens (primary N) is 1. The van der Waals surface area contributed by atoms with Crippen molar-refractivity contribution < 1.29 is 19.1 Å². The van der Waals surface area contributed by atoms with Crippen molar-refractivity contribution in [1.82, 2.24) is 4.90 Å². The first-order valence-corrected chi connectivity index (χ1v) is 17.0. The summed E-state index contributed by atoms with van der Waals surface area (Å²) in [7, 11) is 2.05. The Morgan fingerprint density at radius 3 is 2.52 bits per heavy atom. The first-order chi connectivity index (χ1) is 22.4. The SMILES string of the molecule is CCCCN(C)c1ccc(-c2cccc(CN(C(=O)c3cccs3)C3CCC(N)CC3)c2)cc1NC(=O)c1ccc2c(c1)OCO2. The number of nitrogens with one attached hydrogen (secondary N) is 1. The number of thiophene rings is 1. The summed E-state index contributed by atoms with van der Waals surface area (Å²) in [5.41, 5.74) is 11.5. The quantitative estimate of drug-likeness (QED) is 0.176. The Hall–Kier alpha value is -4.34. The topological polar surface area (TPSA) is 97.1 Å². The molecule has 4 aromatic rings. The van der Waals surface area contributed by atoms with Gasteiger partial charge in [0.15, 0.2) is 11.5 Å². The van der Waals surface area contributed by atoms with Crippen molar-refractivity contribution >= 4 is 34.5 Å². The molecular weight excluding hydrogens is 596 g/mol. The lowest BCUT2D eigenvalue weighted by Crippen LogP contribution is -2.43. The number of ether oxygens (including phenoxy) is 2. The molecule has 1 aliphatic carbocycles. The zero-order valence-corrected chi connectivity index (χ0v) is 27.4. The summed E-state index contributed by atoms with van der Waals surface area (Å²) in [5.74, 6) is 1.07. The summed E-state index contributed by atoms with van der Waals surface area (Å²) in [6.45, 7) is 3.72. The first-order valence-electron chi connectivity index (χ1n) is 16.1. The standard InChI is InChI=1S/C37H42N4O4S/c1-3-4-18-40(2)32-16-10-27(21-31(32)39-36(42)28-11-17-33-34(22-28)45-24-44-33)26-8-5-7-25(20-26)23-41(30-14-12-29(38)13-15-30)37(43)35-9-6-19-46-35/h5-11,16-17,19-22,29-30H,3-4,12-15,18,23-24,38H2,1-2H3,(H,39,42). The Balaban J connectivity index is 1.28. The molecule has 3 aromatic carbocycles. The van der Waals surface area contributed by atoms with Crippen LogP contribution in [0.4, 0.5) is 11.4 Å². The highest BCUT2D eigenvalue weighted by Gasteiger charge is 2.29. The van der Waals surface area contributed by atoms with Gasteiger partial charge in [-0.2, -0.15) is 0 Å². The monoisotopic (exact) mass is 638 g/mol. The predicted octanol–water partition coefficient (Wildman–Crippen LogP) is 7.54. The van der Waals surface area contributed by atoms with Gasteiger partial charge in [0, 0.05) is 37.8 Å². The van der Waals surface area contributed by atoms with Crippen LogP contribution in [0.2, 0.25) is 0 Å². The fourth-order valence-corrected chi connectivity index (χ4v) is 6.94. The lowest BCUT2D eigenvalue weighted by Gasteiger charge is -2.36. The maximum atomic E-state index is 13.7.